The van der Waals surface area contributed by atoms with Gasteiger partial charge in [0.15, 0.2) is 0 Å². The van der Waals surface area contributed by atoms with E-state index in [0.717, 1.165) is 11.3 Å². The number of rotatable bonds is 4. The topological polar surface area (TPSA) is 55.1 Å². The van der Waals surface area contributed by atoms with E-state index in [4.69, 9.17) is 5.73 Å². The fraction of sp³-hybridized carbons (Fsp3) is 0.462. The van der Waals surface area contributed by atoms with Crippen LogP contribution >= 0.6 is 0 Å². The smallest absolute Gasteiger partial charge is 0.220 e. The lowest BCUT2D eigenvalue weighted by Crippen LogP contribution is -2.27. The zero-order chi connectivity index (χ0) is 12.1. The number of para-hydroxylation sites is 1. The van der Waals surface area contributed by atoms with Crippen LogP contribution in [-0.4, -0.2) is 5.91 Å². The molecular formula is C13H20N2O. The number of hydrogen-bond acceptors (Lipinski definition) is 2. The van der Waals surface area contributed by atoms with Crippen molar-refractivity contribution in [1.29, 1.82) is 0 Å². The summed E-state index contributed by atoms with van der Waals surface area (Å²) in [5, 5.41) is 2.95. The van der Waals surface area contributed by atoms with Crippen molar-refractivity contribution in [3.63, 3.8) is 0 Å². The Morgan fingerprint density at radius 3 is 2.50 bits per heavy atom. The van der Waals surface area contributed by atoms with E-state index in [2.05, 4.69) is 5.32 Å². The van der Waals surface area contributed by atoms with Gasteiger partial charge in [0.2, 0.25) is 5.91 Å². The quantitative estimate of drug-likeness (QED) is 0.766. The Morgan fingerprint density at radius 2 is 1.94 bits per heavy atom. The molecule has 1 unspecified atom stereocenters. The molecule has 88 valence electrons. The third-order valence-corrected chi connectivity index (χ3v) is 2.43. The van der Waals surface area contributed by atoms with E-state index < -0.39 is 0 Å². The largest absolute Gasteiger partial charge is 0.398 e. The standard InChI is InChI=1S/C13H20N2O/c1-9(2)8-13(16)15-10(3)11-6-4-5-7-12(11)14/h4-7,9-10H,8,14H2,1-3H3,(H,15,16). The van der Waals surface area contributed by atoms with Gasteiger partial charge in [-0.1, -0.05) is 32.0 Å². The number of nitrogen functional groups attached to an aromatic ring is 1. The number of nitrogens with two attached hydrogens (primary N) is 1. The number of amides is 1. The monoisotopic (exact) mass is 220 g/mol. The van der Waals surface area contributed by atoms with E-state index in [1.54, 1.807) is 0 Å². The van der Waals surface area contributed by atoms with Crippen LogP contribution in [0.25, 0.3) is 0 Å². The lowest BCUT2D eigenvalue weighted by Gasteiger charge is -2.16. The summed E-state index contributed by atoms with van der Waals surface area (Å²) in [7, 11) is 0. The number of carbonyl (C=O) groups excluding carboxylic acids is 1. The van der Waals surface area contributed by atoms with E-state index in [1.165, 1.54) is 0 Å². The van der Waals surface area contributed by atoms with E-state index in [0.29, 0.717) is 12.3 Å². The molecule has 0 saturated heterocycles. The Balaban J connectivity index is 2.62. The van der Waals surface area contributed by atoms with Gasteiger partial charge in [0, 0.05) is 12.1 Å². The van der Waals surface area contributed by atoms with Gasteiger partial charge >= 0.3 is 0 Å². The normalized spacial score (nSPS) is 12.5. The molecule has 0 bridgehead atoms. The summed E-state index contributed by atoms with van der Waals surface area (Å²) >= 11 is 0. The van der Waals surface area contributed by atoms with Crippen LogP contribution in [-0.2, 0) is 4.79 Å². The second-order valence-electron chi connectivity index (χ2n) is 4.52. The van der Waals surface area contributed by atoms with Gasteiger partial charge in [0.1, 0.15) is 0 Å². The molecule has 0 aromatic heterocycles. The second kappa shape index (κ2) is 5.54. The van der Waals surface area contributed by atoms with Crippen molar-refractivity contribution in [3.8, 4) is 0 Å². The Hall–Kier alpha value is -1.51. The van der Waals surface area contributed by atoms with Gasteiger partial charge in [-0.2, -0.15) is 0 Å². The van der Waals surface area contributed by atoms with Gasteiger partial charge in [0.05, 0.1) is 6.04 Å². The Bertz CT molecular complexity index is 361. The molecule has 1 aromatic rings. The first-order valence-electron chi connectivity index (χ1n) is 5.64. The van der Waals surface area contributed by atoms with Gasteiger partial charge in [-0.05, 0) is 24.5 Å². The predicted octanol–water partition coefficient (Wildman–Crippen LogP) is 2.49. The third-order valence-electron chi connectivity index (χ3n) is 2.43. The summed E-state index contributed by atoms with van der Waals surface area (Å²) in [6, 6.07) is 7.57. The lowest BCUT2D eigenvalue weighted by molar-refractivity contribution is -0.122. The number of hydrogen-bond donors (Lipinski definition) is 2. The molecule has 3 heteroatoms. The van der Waals surface area contributed by atoms with Crippen LogP contribution in [0.4, 0.5) is 5.69 Å². The van der Waals surface area contributed by atoms with E-state index >= 15 is 0 Å². The minimum Gasteiger partial charge on any atom is -0.398 e. The molecule has 0 heterocycles. The summed E-state index contributed by atoms with van der Waals surface area (Å²) in [4.78, 5) is 11.6. The van der Waals surface area contributed by atoms with Crippen molar-refractivity contribution in [2.24, 2.45) is 5.92 Å². The summed E-state index contributed by atoms with van der Waals surface area (Å²) < 4.78 is 0. The minimum atomic E-state index is -0.0348. The first-order valence-corrected chi connectivity index (χ1v) is 5.64. The molecule has 0 fully saturated rings. The maximum atomic E-state index is 11.6. The summed E-state index contributed by atoms with van der Waals surface area (Å²) in [5.41, 5.74) is 7.54. The van der Waals surface area contributed by atoms with Crippen LogP contribution in [0.3, 0.4) is 0 Å². The van der Waals surface area contributed by atoms with Gasteiger partial charge in [-0.3, -0.25) is 4.79 Å². The molecule has 1 atom stereocenters. The molecule has 16 heavy (non-hydrogen) atoms. The minimum absolute atomic E-state index is 0.0348. The summed E-state index contributed by atoms with van der Waals surface area (Å²) in [5.74, 6) is 0.450. The van der Waals surface area contributed by atoms with Crippen LogP contribution in [0.2, 0.25) is 0 Å². The Morgan fingerprint density at radius 1 is 1.31 bits per heavy atom. The van der Waals surface area contributed by atoms with E-state index in [1.807, 2.05) is 45.0 Å². The molecule has 1 amide bonds. The van der Waals surface area contributed by atoms with E-state index in [-0.39, 0.29) is 11.9 Å². The molecule has 0 saturated carbocycles. The third kappa shape index (κ3) is 3.57. The highest BCUT2D eigenvalue weighted by Crippen LogP contribution is 2.19. The van der Waals surface area contributed by atoms with Gasteiger partial charge in [-0.15, -0.1) is 0 Å². The number of anilines is 1. The lowest BCUT2D eigenvalue weighted by atomic mass is 10.1. The molecule has 1 rings (SSSR count). The number of benzene rings is 1. The van der Waals surface area contributed by atoms with Crippen LogP contribution in [0.5, 0.6) is 0 Å². The summed E-state index contributed by atoms with van der Waals surface area (Å²) in [6.45, 7) is 6.01. The van der Waals surface area contributed by atoms with Crippen molar-refractivity contribution in [2.75, 3.05) is 5.73 Å². The Labute approximate surface area is 97.0 Å². The zero-order valence-electron chi connectivity index (χ0n) is 10.2. The first-order chi connectivity index (χ1) is 7.50. The van der Waals surface area contributed by atoms with Crippen LogP contribution in [0, 0.1) is 5.92 Å². The van der Waals surface area contributed by atoms with E-state index in [9.17, 15) is 4.79 Å². The maximum absolute atomic E-state index is 11.6. The SMILES string of the molecule is CC(C)CC(=O)NC(C)c1ccccc1N. The highest BCUT2D eigenvalue weighted by Gasteiger charge is 2.12. The maximum Gasteiger partial charge on any atom is 0.220 e. The number of nitrogens with one attached hydrogen (secondary N) is 1. The average Bonchev–Trinajstić information content (AvgIpc) is 2.16. The van der Waals surface area contributed by atoms with Crippen LogP contribution in [0.1, 0.15) is 38.8 Å². The van der Waals surface area contributed by atoms with Crippen molar-refractivity contribution in [2.45, 2.75) is 33.2 Å². The number of carbonyl (C=O) groups is 1. The molecule has 3 nitrogen and oxygen atoms in total. The van der Waals surface area contributed by atoms with Gasteiger partial charge in [0.25, 0.3) is 0 Å². The molecule has 0 spiro atoms. The van der Waals surface area contributed by atoms with Crippen LogP contribution < -0.4 is 11.1 Å². The van der Waals surface area contributed by atoms with Crippen molar-refractivity contribution >= 4 is 11.6 Å². The zero-order valence-corrected chi connectivity index (χ0v) is 10.2. The fourth-order valence-corrected chi connectivity index (χ4v) is 1.65. The molecule has 0 aliphatic heterocycles. The molecule has 1 aromatic carbocycles. The molecule has 0 aliphatic rings. The van der Waals surface area contributed by atoms with Gasteiger partial charge < -0.3 is 11.1 Å². The summed E-state index contributed by atoms with van der Waals surface area (Å²) in [6.07, 6.45) is 0.553. The highest BCUT2D eigenvalue weighted by atomic mass is 16.1. The van der Waals surface area contributed by atoms with Crippen molar-refractivity contribution in [1.82, 2.24) is 5.32 Å². The fourth-order valence-electron chi connectivity index (χ4n) is 1.65. The second-order valence-corrected chi connectivity index (χ2v) is 4.52. The first kappa shape index (κ1) is 12.6. The van der Waals surface area contributed by atoms with Gasteiger partial charge in [-0.25, -0.2) is 0 Å². The highest BCUT2D eigenvalue weighted by molar-refractivity contribution is 5.76. The Kier molecular flexibility index (Phi) is 4.35. The average molecular weight is 220 g/mol. The predicted molar refractivity (Wildman–Crippen MR) is 66.9 cm³/mol. The van der Waals surface area contributed by atoms with Crippen LogP contribution in [0.15, 0.2) is 24.3 Å². The molecule has 0 radical (unpaired) electrons. The van der Waals surface area contributed by atoms with Crippen molar-refractivity contribution < 1.29 is 4.79 Å². The molecule has 0 aliphatic carbocycles. The van der Waals surface area contributed by atoms with Crippen molar-refractivity contribution in [3.05, 3.63) is 29.8 Å². The molecule has 3 N–H and O–H groups in total. The molecular weight excluding hydrogens is 200 g/mol.